The van der Waals surface area contributed by atoms with Gasteiger partial charge in [0.2, 0.25) is 6.08 Å². The lowest BCUT2D eigenvalue weighted by Gasteiger charge is -2.09. The van der Waals surface area contributed by atoms with Crippen LogP contribution in [0.5, 0.6) is 0 Å². The van der Waals surface area contributed by atoms with Gasteiger partial charge in [-0.2, -0.15) is 0 Å². The van der Waals surface area contributed by atoms with Crippen molar-refractivity contribution in [2.75, 3.05) is 6.61 Å². The fraction of sp³-hybridized carbons (Fsp3) is 0.200. The highest BCUT2D eigenvalue weighted by Gasteiger charge is 2.12. The summed E-state index contributed by atoms with van der Waals surface area (Å²) in [5.41, 5.74) is 1.41. The molecule has 0 heterocycles. The molecule has 0 atom stereocenters. The summed E-state index contributed by atoms with van der Waals surface area (Å²) >= 11 is 0. The van der Waals surface area contributed by atoms with Crippen LogP contribution >= 0.6 is 0 Å². The first-order valence-electron chi connectivity index (χ1n) is 5.99. The largest absolute Gasteiger partial charge is 0.462 e. The zero-order valence-corrected chi connectivity index (χ0v) is 10.6. The molecule has 0 saturated heterocycles. The van der Waals surface area contributed by atoms with Gasteiger partial charge in [-0.15, -0.1) is 0 Å². The summed E-state index contributed by atoms with van der Waals surface area (Å²) < 4.78 is 5.03. The van der Waals surface area contributed by atoms with Crippen molar-refractivity contribution in [1.29, 1.82) is 0 Å². The predicted octanol–water partition coefficient (Wildman–Crippen LogP) is 2.85. The summed E-state index contributed by atoms with van der Waals surface area (Å²) in [5.74, 6) is -0.343. The van der Waals surface area contributed by atoms with E-state index in [9.17, 15) is 9.59 Å². The molecule has 0 aromatic heterocycles. The molecule has 0 radical (unpaired) electrons. The molecule has 0 bridgehead atoms. The Hall–Kier alpha value is -2.45. The zero-order valence-electron chi connectivity index (χ0n) is 10.6. The molecule has 2 aromatic carbocycles. The number of hydrogen-bond donors (Lipinski definition) is 0. The van der Waals surface area contributed by atoms with Crippen molar-refractivity contribution in [2.45, 2.75) is 13.5 Å². The smallest absolute Gasteiger partial charge is 0.338 e. The van der Waals surface area contributed by atoms with E-state index in [0.29, 0.717) is 12.2 Å². The van der Waals surface area contributed by atoms with Crippen molar-refractivity contribution in [3.05, 3.63) is 47.5 Å². The molecule has 2 rings (SSSR count). The molecule has 4 nitrogen and oxygen atoms in total. The first kappa shape index (κ1) is 13.0. The maximum Gasteiger partial charge on any atom is 0.338 e. The number of fused-ring (bicyclic) bond motifs is 1. The summed E-state index contributed by atoms with van der Waals surface area (Å²) in [6, 6.07) is 11.0. The minimum absolute atomic E-state index is 0.257. The van der Waals surface area contributed by atoms with E-state index in [1.54, 1.807) is 19.1 Å². The van der Waals surface area contributed by atoms with E-state index >= 15 is 0 Å². The Morgan fingerprint density at radius 1 is 1.21 bits per heavy atom. The van der Waals surface area contributed by atoms with Crippen LogP contribution in [0.3, 0.4) is 0 Å². The van der Waals surface area contributed by atoms with Crippen molar-refractivity contribution >= 4 is 22.8 Å². The molecule has 0 amide bonds. The number of aliphatic imine (C=N–C) groups is 1. The van der Waals surface area contributed by atoms with Crippen molar-refractivity contribution < 1.29 is 14.3 Å². The fourth-order valence-electron chi connectivity index (χ4n) is 2.00. The van der Waals surface area contributed by atoms with Gasteiger partial charge in [0.15, 0.2) is 0 Å². The number of esters is 1. The summed E-state index contributed by atoms with van der Waals surface area (Å²) in [6.45, 7) is 2.37. The highest BCUT2D eigenvalue weighted by molar-refractivity contribution is 6.05. The maximum atomic E-state index is 11.9. The number of ether oxygens (including phenoxy) is 1. The fourth-order valence-corrected chi connectivity index (χ4v) is 2.00. The van der Waals surface area contributed by atoms with Crippen LogP contribution in [0.2, 0.25) is 0 Å². The van der Waals surface area contributed by atoms with Crippen LogP contribution in [0.15, 0.2) is 41.4 Å². The molecule has 19 heavy (non-hydrogen) atoms. The minimum atomic E-state index is -0.343. The van der Waals surface area contributed by atoms with Gasteiger partial charge in [0.25, 0.3) is 0 Å². The molecule has 0 fully saturated rings. The first-order chi connectivity index (χ1) is 9.27. The Kier molecular flexibility index (Phi) is 4.06. The molecule has 0 aliphatic heterocycles. The zero-order chi connectivity index (χ0) is 13.7. The summed E-state index contributed by atoms with van der Waals surface area (Å²) in [5, 5.41) is 1.70. The topological polar surface area (TPSA) is 55.7 Å². The van der Waals surface area contributed by atoms with Gasteiger partial charge in [0, 0.05) is 0 Å². The number of hydrogen-bond acceptors (Lipinski definition) is 4. The average molecular weight is 255 g/mol. The van der Waals surface area contributed by atoms with E-state index in [4.69, 9.17) is 4.74 Å². The molecular weight excluding hydrogens is 242 g/mol. The van der Waals surface area contributed by atoms with Crippen LogP contribution in [0.1, 0.15) is 22.8 Å². The highest BCUT2D eigenvalue weighted by atomic mass is 16.5. The van der Waals surface area contributed by atoms with Gasteiger partial charge in [-0.1, -0.05) is 30.3 Å². The van der Waals surface area contributed by atoms with Crippen molar-refractivity contribution in [2.24, 2.45) is 4.99 Å². The predicted molar refractivity (Wildman–Crippen MR) is 71.7 cm³/mol. The van der Waals surface area contributed by atoms with Crippen LogP contribution < -0.4 is 0 Å². The maximum absolute atomic E-state index is 11.9. The quantitative estimate of drug-likeness (QED) is 0.479. The van der Waals surface area contributed by atoms with Gasteiger partial charge in [-0.05, 0) is 29.3 Å². The van der Waals surface area contributed by atoms with Crippen LogP contribution in [-0.2, 0) is 16.1 Å². The van der Waals surface area contributed by atoms with Gasteiger partial charge in [0.05, 0.1) is 18.7 Å². The van der Waals surface area contributed by atoms with Crippen LogP contribution in [0.25, 0.3) is 10.8 Å². The SMILES string of the molecule is CCOC(=O)c1ccc(CN=C=O)c2ccccc12. The van der Waals surface area contributed by atoms with E-state index < -0.39 is 0 Å². The minimum Gasteiger partial charge on any atom is -0.462 e. The Bertz CT molecular complexity index is 657. The molecule has 0 aliphatic carbocycles. The standard InChI is InChI=1S/C15H13NO3/c1-2-19-15(18)14-8-7-11(9-16-10-17)12-5-3-4-6-13(12)14/h3-8H,2,9H2,1H3. The van der Waals surface area contributed by atoms with Gasteiger partial charge in [0.1, 0.15) is 0 Å². The highest BCUT2D eigenvalue weighted by Crippen LogP contribution is 2.24. The lowest BCUT2D eigenvalue weighted by molar-refractivity contribution is 0.0528. The third-order valence-electron chi connectivity index (χ3n) is 2.82. The van der Waals surface area contributed by atoms with E-state index in [2.05, 4.69) is 4.99 Å². The van der Waals surface area contributed by atoms with Crippen LogP contribution in [-0.4, -0.2) is 18.7 Å². The summed E-state index contributed by atoms with van der Waals surface area (Å²) in [6.07, 6.45) is 1.52. The lowest BCUT2D eigenvalue weighted by atomic mass is 9.99. The van der Waals surface area contributed by atoms with Crippen LogP contribution in [0, 0.1) is 0 Å². The number of isocyanates is 1. The Labute approximate surface area is 110 Å². The molecule has 2 aromatic rings. The van der Waals surface area contributed by atoms with E-state index in [-0.39, 0.29) is 12.5 Å². The monoisotopic (exact) mass is 255 g/mol. The molecule has 96 valence electrons. The van der Waals surface area contributed by atoms with Crippen molar-refractivity contribution in [1.82, 2.24) is 0 Å². The van der Waals surface area contributed by atoms with E-state index in [1.165, 1.54) is 6.08 Å². The van der Waals surface area contributed by atoms with Gasteiger partial charge in [-0.3, -0.25) is 0 Å². The second-order valence-electron chi connectivity index (χ2n) is 3.95. The van der Waals surface area contributed by atoms with E-state index in [0.717, 1.165) is 16.3 Å². The van der Waals surface area contributed by atoms with Crippen molar-refractivity contribution in [3.63, 3.8) is 0 Å². The Morgan fingerprint density at radius 2 is 1.95 bits per heavy atom. The average Bonchev–Trinajstić information content (AvgIpc) is 2.45. The molecule has 0 N–H and O–H groups in total. The van der Waals surface area contributed by atoms with Crippen LogP contribution in [0.4, 0.5) is 0 Å². The van der Waals surface area contributed by atoms with Crippen molar-refractivity contribution in [3.8, 4) is 0 Å². The summed E-state index contributed by atoms with van der Waals surface area (Å²) in [4.78, 5) is 25.7. The molecule has 0 aliphatic rings. The Balaban J connectivity index is 2.57. The normalized spacial score (nSPS) is 9.95. The number of rotatable bonds is 4. The number of benzene rings is 2. The molecule has 0 spiro atoms. The molecule has 0 unspecified atom stereocenters. The third-order valence-corrected chi connectivity index (χ3v) is 2.82. The van der Waals surface area contributed by atoms with E-state index in [1.807, 2.05) is 24.3 Å². The molecular formula is C15H13NO3. The number of carbonyl (C=O) groups is 1. The first-order valence-corrected chi connectivity index (χ1v) is 5.99. The van der Waals surface area contributed by atoms with Gasteiger partial charge in [-0.25, -0.2) is 14.6 Å². The lowest BCUT2D eigenvalue weighted by Crippen LogP contribution is -2.05. The summed E-state index contributed by atoms with van der Waals surface area (Å²) in [7, 11) is 0. The second-order valence-corrected chi connectivity index (χ2v) is 3.95. The number of nitrogens with zero attached hydrogens (tertiary/aromatic N) is 1. The van der Waals surface area contributed by atoms with Gasteiger partial charge < -0.3 is 4.74 Å². The molecule has 0 saturated carbocycles. The Morgan fingerprint density at radius 3 is 2.63 bits per heavy atom. The second kappa shape index (κ2) is 5.94. The molecule has 4 heteroatoms. The third kappa shape index (κ3) is 2.69. The van der Waals surface area contributed by atoms with Gasteiger partial charge >= 0.3 is 5.97 Å². The number of carbonyl (C=O) groups excluding carboxylic acids is 2.